The Morgan fingerprint density at radius 3 is 2.59 bits per heavy atom. The van der Waals surface area contributed by atoms with Crippen molar-refractivity contribution in [1.29, 1.82) is 5.26 Å². The number of halogens is 1. The molecule has 0 saturated carbocycles. The van der Waals surface area contributed by atoms with E-state index in [1.807, 2.05) is 19.9 Å². The molecule has 3 aromatic rings. The number of hydrogen-bond acceptors (Lipinski definition) is 7. The van der Waals surface area contributed by atoms with Gasteiger partial charge in [-0.25, -0.2) is 4.39 Å². The van der Waals surface area contributed by atoms with Crippen molar-refractivity contribution in [3.63, 3.8) is 0 Å². The van der Waals surface area contributed by atoms with Crippen molar-refractivity contribution in [2.45, 2.75) is 26.9 Å². The molecule has 0 bridgehead atoms. The molecule has 32 heavy (non-hydrogen) atoms. The molecule has 0 atom stereocenters. The van der Waals surface area contributed by atoms with Gasteiger partial charge in [-0.2, -0.15) is 5.26 Å². The van der Waals surface area contributed by atoms with Gasteiger partial charge in [-0.15, -0.1) is 10.2 Å². The molecule has 0 aliphatic carbocycles. The van der Waals surface area contributed by atoms with E-state index in [4.69, 9.17) is 9.47 Å². The van der Waals surface area contributed by atoms with E-state index in [1.165, 1.54) is 29.5 Å². The average Bonchev–Trinajstić information content (AvgIpc) is 3.25. The van der Waals surface area contributed by atoms with Crippen LogP contribution in [0.1, 0.15) is 30.0 Å². The largest absolute Gasteiger partial charge is 0.490 e. The highest BCUT2D eigenvalue weighted by atomic mass is 32.1. The summed E-state index contributed by atoms with van der Waals surface area (Å²) in [5, 5.41) is 21.0. The zero-order valence-corrected chi connectivity index (χ0v) is 18.4. The number of anilines is 1. The van der Waals surface area contributed by atoms with Crippen molar-refractivity contribution >= 4 is 28.5 Å². The van der Waals surface area contributed by atoms with Gasteiger partial charge in [0.2, 0.25) is 5.13 Å². The van der Waals surface area contributed by atoms with Crippen molar-refractivity contribution in [2.24, 2.45) is 0 Å². The molecule has 2 aromatic carbocycles. The van der Waals surface area contributed by atoms with Crippen molar-refractivity contribution in [3.05, 3.63) is 70.0 Å². The maximum Gasteiger partial charge on any atom is 0.268 e. The van der Waals surface area contributed by atoms with E-state index < -0.39 is 5.91 Å². The Bertz CT molecular complexity index is 1150. The van der Waals surface area contributed by atoms with Crippen LogP contribution in [0.15, 0.2) is 48.0 Å². The van der Waals surface area contributed by atoms with E-state index >= 15 is 0 Å². The molecule has 0 radical (unpaired) electrons. The second kappa shape index (κ2) is 11.0. The predicted octanol–water partition coefficient (Wildman–Crippen LogP) is 4.76. The molecule has 0 fully saturated rings. The summed E-state index contributed by atoms with van der Waals surface area (Å²) in [6.45, 7) is 4.42. The molecule has 1 amide bonds. The van der Waals surface area contributed by atoms with Gasteiger partial charge < -0.3 is 9.47 Å². The summed E-state index contributed by atoms with van der Waals surface area (Å²) in [6.07, 6.45) is 2.17. The number of hydrogen-bond donors (Lipinski definition) is 1. The summed E-state index contributed by atoms with van der Waals surface area (Å²) in [5.41, 5.74) is 1.32. The Morgan fingerprint density at radius 1 is 1.16 bits per heavy atom. The van der Waals surface area contributed by atoms with E-state index in [9.17, 15) is 14.4 Å². The van der Waals surface area contributed by atoms with Crippen molar-refractivity contribution in [2.75, 3.05) is 11.9 Å². The summed E-state index contributed by atoms with van der Waals surface area (Å²) in [4.78, 5) is 12.5. The number of carbonyl (C=O) groups is 1. The predicted molar refractivity (Wildman–Crippen MR) is 120 cm³/mol. The van der Waals surface area contributed by atoms with Gasteiger partial charge >= 0.3 is 0 Å². The molecule has 3 rings (SSSR count). The van der Waals surface area contributed by atoms with E-state index in [0.29, 0.717) is 35.2 Å². The lowest BCUT2D eigenvalue weighted by Crippen LogP contribution is -2.13. The first-order valence-electron chi connectivity index (χ1n) is 9.92. The van der Waals surface area contributed by atoms with E-state index in [1.54, 1.807) is 30.3 Å². The van der Waals surface area contributed by atoms with Crippen molar-refractivity contribution < 1.29 is 18.7 Å². The maximum absolute atomic E-state index is 13.1. The monoisotopic (exact) mass is 452 g/mol. The number of nitriles is 1. The third-order valence-corrected chi connectivity index (χ3v) is 5.22. The van der Waals surface area contributed by atoms with E-state index in [-0.39, 0.29) is 18.0 Å². The Kier molecular flexibility index (Phi) is 7.89. The van der Waals surface area contributed by atoms with Crippen LogP contribution in [0.5, 0.6) is 11.5 Å². The smallest absolute Gasteiger partial charge is 0.268 e. The first-order valence-corrected chi connectivity index (χ1v) is 10.7. The van der Waals surface area contributed by atoms with Crippen LogP contribution >= 0.6 is 11.3 Å². The fourth-order valence-electron chi connectivity index (χ4n) is 2.67. The number of ether oxygens (including phenoxy) is 2. The Balaban J connectivity index is 1.76. The lowest BCUT2D eigenvalue weighted by Gasteiger charge is -2.13. The Hall–Kier alpha value is -3.77. The standard InChI is InChI=1S/C23H21FN4O3S/c1-3-21-27-28-23(32-21)26-22(29)17(13-25)11-16-7-10-19(20(12-16)30-4-2)31-14-15-5-8-18(24)9-6-15/h5-12H,3-4,14H2,1-2H3,(H,26,28,29)/b17-11-. The van der Waals surface area contributed by atoms with Crippen LogP contribution in [-0.4, -0.2) is 22.7 Å². The summed E-state index contributed by atoms with van der Waals surface area (Å²) in [6, 6.07) is 13.0. The zero-order valence-electron chi connectivity index (χ0n) is 17.6. The molecule has 0 aliphatic rings. The van der Waals surface area contributed by atoms with Gasteiger partial charge in [0.25, 0.3) is 5.91 Å². The summed E-state index contributed by atoms with van der Waals surface area (Å²) in [7, 11) is 0. The quantitative estimate of drug-likeness (QED) is 0.371. The number of carbonyl (C=O) groups excluding carboxylic acids is 1. The lowest BCUT2D eigenvalue weighted by molar-refractivity contribution is -0.112. The topological polar surface area (TPSA) is 97.1 Å². The second-order valence-corrected chi connectivity index (χ2v) is 7.59. The lowest BCUT2D eigenvalue weighted by atomic mass is 10.1. The van der Waals surface area contributed by atoms with Crippen LogP contribution in [0.2, 0.25) is 0 Å². The summed E-state index contributed by atoms with van der Waals surface area (Å²) < 4.78 is 24.5. The molecule has 9 heteroatoms. The molecule has 1 N–H and O–H groups in total. The molecule has 1 aromatic heterocycles. The molecule has 7 nitrogen and oxygen atoms in total. The maximum atomic E-state index is 13.1. The number of nitrogens with zero attached hydrogens (tertiary/aromatic N) is 3. The van der Waals surface area contributed by atoms with Crippen LogP contribution < -0.4 is 14.8 Å². The minimum Gasteiger partial charge on any atom is -0.490 e. The van der Waals surface area contributed by atoms with Crippen LogP contribution in [0.25, 0.3) is 6.08 Å². The highest BCUT2D eigenvalue weighted by Gasteiger charge is 2.14. The molecular formula is C23H21FN4O3S. The molecule has 0 saturated heterocycles. The first kappa shape index (κ1) is 22.9. The number of aryl methyl sites for hydroxylation is 1. The van der Waals surface area contributed by atoms with Gasteiger partial charge in [0.05, 0.1) is 6.61 Å². The minimum atomic E-state index is -0.569. The number of nitrogens with one attached hydrogen (secondary N) is 1. The minimum absolute atomic E-state index is 0.0827. The van der Waals surface area contributed by atoms with Crippen LogP contribution in [-0.2, 0) is 17.8 Å². The van der Waals surface area contributed by atoms with Gasteiger partial charge in [0.1, 0.15) is 29.1 Å². The SMILES string of the molecule is CCOc1cc(/C=C(/C#N)C(=O)Nc2nnc(CC)s2)ccc1OCc1ccc(F)cc1. The number of rotatable bonds is 9. The number of amides is 1. The molecule has 0 spiro atoms. The van der Waals surface area contributed by atoms with E-state index in [0.717, 1.165) is 10.6 Å². The van der Waals surface area contributed by atoms with Gasteiger partial charge in [0, 0.05) is 0 Å². The Morgan fingerprint density at radius 2 is 1.94 bits per heavy atom. The van der Waals surface area contributed by atoms with Crippen LogP contribution in [0, 0.1) is 17.1 Å². The highest BCUT2D eigenvalue weighted by molar-refractivity contribution is 7.15. The molecular weight excluding hydrogens is 431 g/mol. The van der Waals surface area contributed by atoms with Gasteiger partial charge in [0.15, 0.2) is 11.5 Å². The molecule has 164 valence electrons. The number of aromatic nitrogens is 2. The Labute approximate surface area is 189 Å². The van der Waals surface area contributed by atoms with Gasteiger partial charge in [-0.05, 0) is 54.8 Å². The summed E-state index contributed by atoms with van der Waals surface area (Å²) >= 11 is 1.26. The van der Waals surface area contributed by atoms with Crippen molar-refractivity contribution in [3.8, 4) is 17.6 Å². The van der Waals surface area contributed by atoms with Crippen LogP contribution in [0.4, 0.5) is 9.52 Å². The zero-order chi connectivity index (χ0) is 22.9. The molecule has 0 aliphatic heterocycles. The third kappa shape index (κ3) is 6.12. The first-order chi connectivity index (χ1) is 15.5. The average molecular weight is 453 g/mol. The van der Waals surface area contributed by atoms with Crippen molar-refractivity contribution in [1.82, 2.24) is 10.2 Å². The van der Waals surface area contributed by atoms with E-state index in [2.05, 4.69) is 15.5 Å². The third-order valence-electron chi connectivity index (χ3n) is 4.24. The second-order valence-electron chi connectivity index (χ2n) is 6.53. The summed E-state index contributed by atoms with van der Waals surface area (Å²) in [5.74, 6) is 0.0880. The normalized spacial score (nSPS) is 11.0. The van der Waals surface area contributed by atoms with Gasteiger partial charge in [-0.3, -0.25) is 10.1 Å². The number of benzene rings is 2. The highest BCUT2D eigenvalue weighted by Crippen LogP contribution is 2.30. The van der Waals surface area contributed by atoms with Gasteiger partial charge in [-0.1, -0.05) is 36.5 Å². The molecule has 1 heterocycles. The fraction of sp³-hybridized carbons (Fsp3) is 0.217. The fourth-order valence-corrected chi connectivity index (χ4v) is 3.34. The molecule has 0 unspecified atom stereocenters. The van der Waals surface area contributed by atoms with Crippen LogP contribution in [0.3, 0.4) is 0 Å².